The second-order valence-electron chi connectivity index (χ2n) is 8.87. The number of aryl methyl sites for hydroxylation is 1. The molecule has 4 aromatic rings. The third kappa shape index (κ3) is 4.01. The number of rotatable bonds is 6. The summed E-state index contributed by atoms with van der Waals surface area (Å²) in [6.07, 6.45) is 6.25. The van der Waals surface area contributed by atoms with Gasteiger partial charge >= 0.3 is 0 Å². The molecule has 0 saturated carbocycles. The van der Waals surface area contributed by atoms with Gasteiger partial charge in [-0.2, -0.15) is 0 Å². The highest BCUT2D eigenvalue weighted by Crippen LogP contribution is 2.32. The van der Waals surface area contributed by atoms with E-state index in [1.54, 1.807) is 0 Å². The molecule has 0 spiro atoms. The van der Waals surface area contributed by atoms with Gasteiger partial charge in [-0.3, -0.25) is 9.36 Å². The molecule has 174 valence electrons. The van der Waals surface area contributed by atoms with E-state index in [9.17, 15) is 4.79 Å². The largest absolute Gasteiger partial charge is 0.376 e. The average molecular weight is 474 g/mol. The quantitative estimate of drug-likeness (QED) is 0.412. The van der Waals surface area contributed by atoms with Crippen LogP contribution in [0.25, 0.3) is 22.3 Å². The third-order valence-electron chi connectivity index (χ3n) is 6.69. The van der Waals surface area contributed by atoms with Crippen molar-refractivity contribution in [2.75, 3.05) is 23.8 Å². The monoisotopic (exact) mass is 473 g/mol. The number of H-pyrrole nitrogens is 1. The van der Waals surface area contributed by atoms with E-state index in [0.29, 0.717) is 12.3 Å². The molecule has 1 fully saturated rings. The second-order valence-corrected chi connectivity index (χ2v) is 9.81. The normalized spacial score (nSPS) is 17.9. The van der Waals surface area contributed by atoms with E-state index in [1.165, 1.54) is 17.3 Å². The number of carbonyl (C=O) groups is 1. The number of hydrogen-bond donors (Lipinski definition) is 1. The number of anilines is 1. The SMILES string of the molecule is O=C(CSc1nnc(-c2c[nH]c3ccccc23)n1CC1CCCO1)N1CCCc2ccccc21. The minimum Gasteiger partial charge on any atom is -0.376 e. The predicted octanol–water partition coefficient (Wildman–Crippen LogP) is 4.68. The van der Waals surface area contributed by atoms with E-state index < -0.39 is 0 Å². The van der Waals surface area contributed by atoms with Gasteiger partial charge in [0.25, 0.3) is 0 Å². The number of benzene rings is 2. The Morgan fingerprint density at radius 2 is 2.00 bits per heavy atom. The fourth-order valence-electron chi connectivity index (χ4n) is 5.00. The summed E-state index contributed by atoms with van der Waals surface area (Å²) in [5.74, 6) is 1.25. The number of para-hydroxylation sites is 2. The van der Waals surface area contributed by atoms with Crippen molar-refractivity contribution >= 4 is 34.3 Å². The molecular formula is C26H27N5O2S. The van der Waals surface area contributed by atoms with Crippen LogP contribution >= 0.6 is 11.8 Å². The topological polar surface area (TPSA) is 76.0 Å². The van der Waals surface area contributed by atoms with Crippen molar-refractivity contribution in [1.29, 1.82) is 0 Å². The Morgan fingerprint density at radius 3 is 2.91 bits per heavy atom. The lowest BCUT2D eigenvalue weighted by Gasteiger charge is -2.29. The van der Waals surface area contributed by atoms with Gasteiger partial charge in [-0.05, 0) is 43.4 Å². The number of fused-ring (bicyclic) bond motifs is 2. The van der Waals surface area contributed by atoms with Crippen LogP contribution in [-0.2, 0) is 22.5 Å². The van der Waals surface area contributed by atoms with Crippen molar-refractivity contribution < 1.29 is 9.53 Å². The number of nitrogens with one attached hydrogen (secondary N) is 1. The Morgan fingerprint density at radius 1 is 1.12 bits per heavy atom. The summed E-state index contributed by atoms with van der Waals surface area (Å²) in [5.41, 5.74) is 4.37. The molecule has 1 atom stereocenters. The fraction of sp³-hybridized carbons (Fsp3) is 0.346. The van der Waals surface area contributed by atoms with Gasteiger partial charge in [-0.25, -0.2) is 0 Å². The van der Waals surface area contributed by atoms with Crippen molar-refractivity contribution in [2.24, 2.45) is 0 Å². The lowest BCUT2D eigenvalue weighted by Crippen LogP contribution is -2.36. The van der Waals surface area contributed by atoms with E-state index >= 15 is 0 Å². The number of nitrogens with zero attached hydrogens (tertiary/aromatic N) is 4. The van der Waals surface area contributed by atoms with Crippen LogP contribution in [0, 0.1) is 0 Å². The molecule has 7 nitrogen and oxygen atoms in total. The summed E-state index contributed by atoms with van der Waals surface area (Å²) in [6.45, 7) is 2.25. The number of hydrogen-bond acceptors (Lipinski definition) is 5. The maximum Gasteiger partial charge on any atom is 0.237 e. The maximum absolute atomic E-state index is 13.2. The highest BCUT2D eigenvalue weighted by molar-refractivity contribution is 7.99. The summed E-state index contributed by atoms with van der Waals surface area (Å²) in [7, 11) is 0. The first kappa shape index (κ1) is 21.4. The molecular weight excluding hydrogens is 446 g/mol. The Bertz CT molecular complexity index is 1320. The van der Waals surface area contributed by atoms with E-state index in [0.717, 1.165) is 72.0 Å². The summed E-state index contributed by atoms with van der Waals surface area (Å²) < 4.78 is 8.06. The van der Waals surface area contributed by atoms with Crippen LogP contribution in [0.15, 0.2) is 59.9 Å². The van der Waals surface area contributed by atoms with Gasteiger partial charge in [0.1, 0.15) is 0 Å². The molecule has 2 aromatic carbocycles. The fourth-order valence-corrected chi connectivity index (χ4v) is 5.83. The third-order valence-corrected chi connectivity index (χ3v) is 7.64. The highest BCUT2D eigenvalue weighted by atomic mass is 32.2. The van der Waals surface area contributed by atoms with Crippen molar-refractivity contribution in [3.05, 3.63) is 60.3 Å². The van der Waals surface area contributed by atoms with Crippen LogP contribution in [0.2, 0.25) is 0 Å². The molecule has 2 aliphatic rings. The van der Waals surface area contributed by atoms with Crippen LogP contribution in [-0.4, -0.2) is 50.7 Å². The van der Waals surface area contributed by atoms with Crippen molar-refractivity contribution in [3.63, 3.8) is 0 Å². The second kappa shape index (κ2) is 9.27. The molecule has 0 bridgehead atoms. The van der Waals surface area contributed by atoms with Gasteiger partial charge < -0.3 is 14.6 Å². The molecule has 1 saturated heterocycles. The molecule has 1 amide bonds. The molecule has 1 N–H and O–H groups in total. The molecule has 0 radical (unpaired) electrons. The van der Waals surface area contributed by atoms with E-state index in [4.69, 9.17) is 4.74 Å². The van der Waals surface area contributed by atoms with Gasteiger partial charge in [-0.15, -0.1) is 10.2 Å². The van der Waals surface area contributed by atoms with Gasteiger partial charge in [0.05, 0.1) is 18.4 Å². The Hall–Kier alpha value is -3.10. The zero-order chi connectivity index (χ0) is 22.9. The van der Waals surface area contributed by atoms with E-state index in [-0.39, 0.29) is 12.0 Å². The molecule has 34 heavy (non-hydrogen) atoms. The summed E-state index contributed by atoms with van der Waals surface area (Å²) >= 11 is 1.46. The highest BCUT2D eigenvalue weighted by Gasteiger charge is 2.26. The minimum atomic E-state index is 0.109. The minimum absolute atomic E-state index is 0.109. The van der Waals surface area contributed by atoms with Gasteiger partial charge in [0.15, 0.2) is 11.0 Å². The number of aromatic nitrogens is 4. The Kier molecular flexibility index (Phi) is 5.84. The number of aromatic amines is 1. The molecule has 8 heteroatoms. The zero-order valence-electron chi connectivity index (χ0n) is 18.9. The summed E-state index contributed by atoms with van der Waals surface area (Å²) in [5, 5.41) is 11.0. The first-order valence-electron chi connectivity index (χ1n) is 11.9. The van der Waals surface area contributed by atoms with Crippen molar-refractivity contribution in [3.8, 4) is 11.4 Å². The summed E-state index contributed by atoms with van der Waals surface area (Å²) in [4.78, 5) is 18.5. The smallest absolute Gasteiger partial charge is 0.237 e. The number of ether oxygens (including phenoxy) is 1. The first-order valence-corrected chi connectivity index (χ1v) is 12.9. The van der Waals surface area contributed by atoms with Crippen molar-refractivity contribution in [2.45, 2.75) is 43.5 Å². The van der Waals surface area contributed by atoms with Crippen LogP contribution in [0.3, 0.4) is 0 Å². The maximum atomic E-state index is 13.2. The molecule has 2 aromatic heterocycles. The number of carbonyl (C=O) groups excluding carboxylic acids is 1. The van der Waals surface area contributed by atoms with E-state index in [2.05, 4.69) is 37.9 Å². The Balaban J connectivity index is 1.28. The van der Waals surface area contributed by atoms with Crippen LogP contribution in [0.1, 0.15) is 24.8 Å². The molecule has 6 rings (SSSR count). The van der Waals surface area contributed by atoms with E-state index in [1.807, 2.05) is 41.4 Å². The lowest BCUT2D eigenvalue weighted by atomic mass is 10.0. The van der Waals surface area contributed by atoms with Crippen LogP contribution in [0.4, 0.5) is 5.69 Å². The lowest BCUT2D eigenvalue weighted by molar-refractivity contribution is -0.116. The van der Waals surface area contributed by atoms with Gasteiger partial charge in [-0.1, -0.05) is 48.2 Å². The Labute approximate surface area is 202 Å². The zero-order valence-corrected chi connectivity index (χ0v) is 19.8. The first-order chi connectivity index (χ1) is 16.8. The van der Waals surface area contributed by atoms with Gasteiger partial charge in [0.2, 0.25) is 5.91 Å². The molecule has 1 unspecified atom stereocenters. The van der Waals surface area contributed by atoms with Crippen LogP contribution < -0.4 is 4.90 Å². The average Bonchev–Trinajstić information content (AvgIpc) is 3.63. The standard InChI is InChI=1S/C26H27N5O2S/c32-24(30-13-5-8-18-7-1-4-12-23(18)30)17-34-26-29-28-25(31(26)16-19-9-6-14-33-19)21-15-27-22-11-3-2-10-20(21)22/h1-4,7,10-12,15,19,27H,5-6,8-9,13-14,16-17H2. The summed E-state index contributed by atoms with van der Waals surface area (Å²) in [6, 6.07) is 16.4. The number of thioether (sulfide) groups is 1. The van der Waals surface area contributed by atoms with Crippen LogP contribution in [0.5, 0.6) is 0 Å². The van der Waals surface area contributed by atoms with Crippen molar-refractivity contribution in [1.82, 2.24) is 19.7 Å². The number of amides is 1. The molecule has 2 aliphatic heterocycles. The molecule has 4 heterocycles. The molecule has 0 aliphatic carbocycles. The van der Waals surface area contributed by atoms with Gasteiger partial charge in [0, 0.05) is 41.5 Å². The predicted molar refractivity (Wildman–Crippen MR) is 134 cm³/mol.